The molecular weight excluding hydrogens is 292 g/mol. The van der Waals surface area contributed by atoms with E-state index in [1.807, 2.05) is 6.26 Å². The molecule has 7 heteroatoms. The summed E-state index contributed by atoms with van der Waals surface area (Å²) in [6.45, 7) is 1.60. The van der Waals surface area contributed by atoms with Gasteiger partial charge in [-0.3, -0.25) is 14.4 Å². The van der Waals surface area contributed by atoms with E-state index in [2.05, 4.69) is 15.4 Å². The lowest BCUT2D eigenvalue weighted by Crippen LogP contribution is -2.30. The number of esters is 1. The van der Waals surface area contributed by atoms with E-state index in [-0.39, 0.29) is 17.7 Å². The third-order valence-corrected chi connectivity index (χ3v) is 3.66. The summed E-state index contributed by atoms with van der Waals surface area (Å²) in [5, 5.41) is 4.99. The Morgan fingerprint density at radius 1 is 1.33 bits per heavy atom. The first kappa shape index (κ1) is 17.0. The number of hydrogen-bond acceptors (Lipinski definition) is 5. The Bertz CT molecular complexity index is 533. The van der Waals surface area contributed by atoms with E-state index in [0.29, 0.717) is 11.3 Å². The zero-order valence-corrected chi connectivity index (χ0v) is 13.0. The minimum absolute atomic E-state index is 0.130. The van der Waals surface area contributed by atoms with Crippen molar-refractivity contribution in [2.75, 3.05) is 25.2 Å². The number of nitrogens with one attached hydrogen (secondary N) is 2. The molecule has 0 aliphatic heterocycles. The summed E-state index contributed by atoms with van der Waals surface area (Å²) in [6.07, 6.45) is 1.85. The van der Waals surface area contributed by atoms with E-state index in [1.165, 1.54) is 18.9 Å². The van der Waals surface area contributed by atoms with Crippen molar-refractivity contribution in [1.29, 1.82) is 0 Å². The minimum atomic E-state index is -0.526. The van der Waals surface area contributed by atoms with Crippen LogP contribution in [0.5, 0.6) is 0 Å². The zero-order chi connectivity index (χ0) is 15.8. The van der Waals surface area contributed by atoms with Crippen molar-refractivity contribution in [3.63, 3.8) is 0 Å². The van der Waals surface area contributed by atoms with E-state index in [9.17, 15) is 14.4 Å². The highest BCUT2D eigenvalue weighted by Gasteiger charge is 2.13. The van der Waals surface area contributed by atoms with E-state index in [0.717, 1.165) is 0 Å². The van der Waals surface area contributed by atoms with Crippen molar-refractivity contribution in [2.24, 2.45) is 0 Å². The standard InChI is InChI=1S/C14H18N2O4S/c1-9(21-3)13(18)16-11-6-4-5-10(7-11)14(19)15-8-12(17)20-2/h4-7,9H,8H2,1-3H3,(H,15,19)(H,16,18). The van der Waals surface area contributed by atoms with Crippen LogP contribution >= 0.6 is 11.8 Å². The molecule has 0 aliphatic carbocycles. The van der Waals surface area contributed by atoms with Gasteiger partial charge < -0.3 is 15.4 Å². The van der Waals surface area contributed by atoms with Crippen LogP contribution in [0.2, 0.25) is 0 Å². The van der Waals surface area contributed by atoms with Gasteiger partial charge in [-0.05, 0) is 31.4 Å². The summed E-state index contributed by atoms with van der Waals surface area (Å²) < 4.78 is 4.44. The fraction of sp³-hybridized carbons (Fsp3) is 0.357. The van der Waals surface area contributed by atoms with Gasteiger partial charge in [0.2, 0.25) is 5.91 Å². The normalized spacial score (nSPS) is 11.4. The molecule has 1 rings (SSSR count). The van der Waals surface area contributed by atoms with Crippen LogP contribution in [0.25, 0.3) is 0 Å². The summed E-state index contributed by atoms with van der Waals surface area (Å²) in [5.74, 6) is -1.06. The molecule has 0 spiro atoms. The second kappa shape index (κ2) is 8.31. The highest BCUT2D eigenvalue weighted by molar-refractivity contribution is 7.99. The van der Waals surface area contributed by atoms with Gasteiger partial charge in [-0.15, -0.1) is 0 Å². The van der Waals surface area contributed by atoms with Crippen molar-refractivity contribution >= 4 is 35.2 Å². The molecule has 114 valence electrons. The second-order valence-corrected chi connectivity index (χ2v) is 5.39. The quantitative estimate of drug-likeness (QED) is 0.773. The topological polar surface area (TPSA) is 84.5 Å². The van der Waals surface area contributed by atoms with Crippen molar-refractivity contribution in [1.82, 2.24) is 5.32 Å². The minimum Gasteiger partial charge on any atom is -0.468 e. The maximum Gasteiger partial charge on any atom is 0.325 e. The van der Waals surface area contributed by atoms with E-state index in [4.69, 9.17) is 0 Å². The maximum absolute atomic E-state index is 11.9. The van der Waals surface area contributed by atoms with Crippen LogP contribution in [0.15, 0.2) is 24.3 Å². The van der Waals surface area contributed by atoms with Gasteiger partial charge in [0.25, 0.3) is 5.91 Å². The Kier molecular flexibility index (Phi) is 6.74. The number of anilines is 1. The third kappa shape index (κ3) is 5.47. The highest BCUT2D eigenvalue weighted by atomic mass is 32.2. The second-order valence-electron chi connectivity index (χ2n) is 4.21. The average molecular weight is 310 g/mol. The van der Waals surface area contributed by atoms with Gasteiger partial charge in [0, 0.05) is 11.3 Å². The lowest BCUT2D eigenvalue weighted by Gasteiger charge is -2.10. The van der Waals surface area contributed by atoms with Gasteiger partial charge in [-0.2, -0.15) is 11.8 Å². The molecule has 0 bridgehead atoms. The highest BCUT2D eigenvalue weighted by Crippen LogP contribution is 2.13. The number of carbonyl (C=O) groups is 3. The molecule has 0 radical (unpaired) electrons. The van der Waals surface area contributed by atoms with Crippen molar-refractivity contribution in [2.45, 2.75) is 12.2 Å². The number of thioether (sulfide) groups is 1. The Balaban J connectivity index is 2.69. The van der Waals surface area contributed by atoms with E-state index in [1.54, 1.807) is 31.2 Å². The fourth-order valence-corrected chi connectivity index (χ4v) is 1.69. The predicted octanol–water partition coefficient (Wildman–Crippen LogP) is 1.28. The fourth-order valence-electron chi connectivity index (χ4n) is 1.42. The van der Waals surface area contributed by atoms with Gasteiger partial charge in [0.05, 0.1) is 12.4 Å². The predicted molar refractivity (Wildman–Crippen MR) is 82.4 cm³/mol. The SMILES string of the molecule is COC(=O)CNC(=O)c1cccc(NC(=O)C(C)SC)c1. The van der Waals surface area contributed by atoms with Gasteiger partial charge in [-0.25, -0.2) is 0 Å². The van der Waals surface area contributed by atoms with Gasteiger partial charge in [-0.1, -0.05) is 6.07 Å². The number of amides is 2. The lowest BCUT2D eigenvalue weighted by atomic mass is 10.2. The summed E-state index contributed by atoms with van der Waals surface area (Å²) in [6, 6.07) is 6.51. The average Bonchev–Trinajstić information content (AvgIpc) is 2.51. The number of carbonyl (C=O) groups excluding carboxylic acids is 3. The number of hydrogen-bond donors (Lipinski definition) is 2. The molecule has 1 aromatic carbocycles. The molecule has 0 aromatic heterocycles. The molecule has 1 atom stereocenters. The third-order valence-electron chi connectivity index (χ3n) is 2.74. The molecule has 2 amide bonds. The molecule has 2 N–H and O–H groups in total. The molecule has 0 heterocycles. The van der Waals surface area contributed by atoms with Crippen LogP contribution < -0.4 is 10.6 Å². The molecule has 0 aliphatic rings. The van der Waals surface area contributed by atoms with Gasteiger partial charge >= 0.3 is 5.97 Å². The smallest absolute Gasteiger partial charge is 0.325 e. The first-order valence-corrected chi connectivity index (χ1v) is 7.55. The Morgan fingerprint density at radius 3 is 2.67 bits per heavy atom. The van der Waals surface area contributed by atoms with Crippen LogP contribution in [0.1, 0.15) is 17.3 Å². The van der Waals surface area contributed by atoms with E-state index >= 15 is 0 Å². The summed E-state index contributed by atoms with van der Waals surface area (Å²) in [5.41, 5.74) is 0.889. The van der Waals surface area contributed by atoms with Crippen LogP contribution in [-0.4, -0.2) is 42.9 Å². The van der Waals surface area contributed by atoms with Crippen LogP contribution in [0.3, 0.4) is 0 Å². The van der Waals surface area contributed by atoms with Crippen molar-refractivity contribution in [3.05, 3.63) is 29.8 Å². The molecule has 0 fully saturated rings. The Morgan fingerprint density at radius 2 is 2.05 bits per heavy atom. The monoisotopic (exact) mass is 310 g/mol. The van der Waals surface area contributed by atoms with Crippen LogP contribution in [-0.2, 0) is 14.3 Å². The first-order chi connectivity index (χ1) is 9.97. The largest absolute Gasteiger partial charge is 0.468 e. The lowest BCUT2D eigenvalue weighted by molar-refractivity contribution is -0.139. The summed E-state index contributed by atoms with van der Waals surface area (Å²) in [4.78, 5) is 34.6. The molecule has 1 aromatic rings. The first-order valence-electron chi connectivity index (χ1n) is 6.26. The molecule has 0 saturated heterocycles. The maximum atomic E-state index is 11.9. The van der Waals surface area contributed by atoms with Crippen molar-refractivity contribution < 1.29 is 19.1 Å². The van der Waals surface area contributed by atoms with Crippen molar-refractivity contribution in [3.8, 4) is 0 Å². The Labute approximate surface area is 127 Å². The Hall–Kier alpha value is -2.02. The van der Waals surface area contributed by atoms with Gasteiger partial charge in [0.1, 0.15) is 6.54 Å². The van der Waals surface area contributed by atoms with Crippen LogP contribution in [0, 0.1) is 0 Å². The number of benzene rings is 1. The number of methoxy groups -OCH3 is 1. The molecule has 6 nitrogen and oxygen atoms in total. The van der Waals surface area contributed by atoms with Crippen LogP contribution in [0.4, 0.5) is 5.69 Å². The molecule has 0 saturated carbocycles. The number of rotatable bonds is 6. The van der Waals surface area contributed by atoms with Gasteiger partial charge in [0.15, 0.2) is 0 Å². The zero-order valence-electron chi connectivity index (χ0n) is 12.1. The summed E-state index contributed by atoms with van der Waals surface area (Å²) in [7, 11) is 1.25. The molecule has 21 heavy (non-hydrogen) atoms. The molecule has 1 unspecified atom stereocenters. The molecular formula is C14H18N2O4S. The van der Waals surface area contributed by atoms with E-state index < -0.39 is 11.9 Å². The summed E-state index contributed by atoms with van der Waals surface area (Å²) >= 11 is 1.43. The number of ether oxygens (including phenoxy) is 1.